The van der Waals surface area contributed by atoms with E-state index < -0.39 is 16.3 Å². The standard InChI is InChI=1S/C22H29N5O3S/c1-16-18-11-12-20(28)26(15-13-17-8-5-4-6-9-17)22(18)24-21(23-16)19-10-7-14-27(19)31(29,30)25(2)3/h4-6,8-9,19H,7,10-15H2,1-3H3/t19-/m1/s1. The Morgan fingerprint density at radius 3 is 2.58 bits per heavy atom. The fraction of sp³-hybridized carbons (Fsp3) is 0.500. The molecule has 1 fully saturated rings. The van der Waals surface area contributed by atoms with Crippen LogP contribution in [-0.4, -0.2) is 60.1 Å². The van der Waals surface area contributed by atoms with Crippen molar-refractivity contribution in [2.45, 2.75) is 45.1 Å². The number of aromatic nitrogens is 2. The zero-order valence-corrected chi connectivity index (χ0v) is 19.1. The molecule has 166 valence electrons. The minimum atomic E-state index is -3.57. The minimum absolute atomic E-state index is 0.0525. The van der Waals surface area contributed by atoms with E-state index in [0.717, 1.165) is 29.7 Å². The molecule has 9 heteroatoms. The van der Waals surface area contributed by atoms with Gasteiger partial charge in [-0.2, -0.15) is 17.0 Å². The molecule has 0 N–H and O–H groups in total. The van der Waals surface area contributed by atoms with Gasteiger partial charge < -0.3 is 0 Å². The predicted molar refractivity (Wildman–Crippen MR) is 119 cm³/mol. The van der Waals surface area contributed by atoms with Gasteiger partial charge in [0.05, 0.1) is 6.04 Å². The number of anilines is 1. The normalized spacial score (nSPS) is 19.8. The van der Waals surface area contributed by atoms with Crippen LogP contribution < -0.4 is 4.90 Å². The average Bonchev–Trinajstić information content (AvgIpc) is 3.24. The molecule has 4 rings (SSSR count). The van der Waals surface area contributed by atoms with Crippen molar-refractivity contribution in [1.29, 1.82) is 0 Å². The van der Waals surface area contributed by atoms with Gasteiger partial charge in [0.25, 0.3) is 10.2 Å². The molecule has 1 atom stereocenters. The lowest BCUT2D eigenvalue weighted by Gasteiger charge is -2.31. The molecule has 3 heterocycles. The van der Waals surface area contributed by atoms with E-state index in [1.54, 1.807) is 4.90 Å². The summed E-state index contributed by atoms with van der Waals surface area (Å²) in [5, 5.41) is 0. The van der Waals surface area contributed by atoms with E-state index in [9.17, 15) is 13.2 Å². The number of hydrogen-bond acceptors (Lipinski definition) is 5. The SMILES string of the molecule is Cc1nc([C@H]2CCCN2S(=O)(=O)N(C)C)nc2c1CCC(=O)N2CCc1ccccc1. The largest absolute Gasteiger partial charge is 0.296 e. The van der Waals surface area contributed by atoms with Gasteiger partial charge in [0, 0.05) is 44.9 Å². The summed E-state index contributed by atoms with van der Waals surface area (Å²) in [4.78, 5) is 24.0. The summed E-state index contributed by atoms with van der Waals surface area (Å²) in [7, 11) is -0.502. The van der Waals surface area contributed by atoms with E-state index in [4.69, 9.17) is 9.97 Å². The minimum Gasteiger partial charge on any atom is -0.296 e. The summed E-state index contributed by atoms with van der Waals surface area (Å²) in [6, 6.07) is 9.65. The topological polar surface area (TPSA) is 86.7 Å². The summed E-state index contributed by atoms with van der Waals surface area (Å²) < 4.78 is 28.3. The molecule has 1 amide bonds. The highest BCUT2D eigenvalue weighted by atomic mass is 32.2. The van der Waals surface area contributed by atoms with Crippen LogP contribution in [0, 0.1) is 6.92 Å². The van der Waals surface area contributed by atoms with Crippen molar-refractivity contribution in [2.75, 3.05) is 32.1 Å². The summed E-state index contributed by atoms with van der Waals surface area (Å²) in [6.07, 6.45) is 3.22. The Morgan fingerprint density at radius 1 is 1.13 bits per heavy atom. The van der Waals surface area contributed by atoms with Crippen molar-refractivity contribution >= 4 is 21.9 Å². The molecule has 0 aliphatic carbocycles. The van der Waals surface area contributed by atoms with E-state index in [1.165, 1.54) is 22.7 Å². The van der Waals surface area contributed by atoms with Crippen LogP contribution in [0.4, 0.5) is 5.82 Å². The first kappa shape index (κ1) is 21.9. The van der Waals surface area contributed by atoms with Crippen molar-refractivity contribution in [2.24, 2.45) is 0 Å². The van der Waals surface area contributed by atoms with E-state index in [2.05, 4.69) is 12.1 Å². The molecular weight excluding hydrogens is 414 g/mol. The van der Waals surface area contributed by atoms with E-state index in [-0.39, 0.29) is 5.91 Å². The Hall–Kier alpha value is -2.36. The van der Waals surface area contributed by atoms with Crippen molar-refractivity contribution in [3.8, 4) is 0 Å². The number of carbonyl (C=O) groups is 1. The number of aryl methyl sites for hydroxylation is 1. The van der Waals surface area contributed by atoms with Crippen molar-refractivity contribution in [3.05, 3.63) is 53.0 Å². The van der Waals surface area contributed by atoms with E-state index in [1.807, 2.05) is 25.1 Å². The lowest BCUT2D eigenvalue weighted by Crippen LogP contribution is -2.41. The Kier molecular flexibility index (Phi) is 6.09. The number of amides is 1. The van der Waals surface area contributed by atoms with Crippen LogP contribution in [0.3, 0.4) is 0 Å². The fourth-order valence-corrected chi connectivity index (χ4v) is 5.65. The average molecular weight is 444 g/mol. The second-order valence-electron chi connectivity index (χ2n) is 8.31. The highest BCUT2D eigenvalue weighted by Gasteiger charge is 2.39. The third-order valence-corrected chi connectivity index (χ3v) is 8.03. The molecule has 0 unspecified atom stereocenters. The van der Waals surface area contributed by atoms with E-state index >= 15 is 0 Å². The Labute approximate surface area is 184 Å². The summed E-state index contributed by atoms with van der Waals surface area (Å²) in [6.45, 7) is 2.91. The van der Waals surface area contributed by atoms with Crippen LogP contribution in [0.5, 0.6) is 0 Å². The van der Waals surface area contributed by atoms with Gasteiger partial charge in [0.1, 0.15) is 11.6 Å². The summed E-state index contributed by atoms with van der Waals surface area (Å²) >= 11 is 0. The molecule has 1 aromatic carbocycles. The summed E-state index contributed by atoms with van der Waals surface area (Å²) in [5.74, 6) is 1.18. The van der Waals surface area contributed by atoms with Gasteiger partial charge in [-0.05, 0) is 38.2 Å². The van der Waals surface area contributed by atoms with Gasteiger partial charge in [-0.25, -0.2) is 9.97 Å². The van der Waals surface area contributed by atoms with Gasteiger partial charge in [-0.15, -0.1) is 0 Å². The van der Waals surface area contributed by atoms with Gasteiger partial charge in [0.2, 0.25) is 5.91 Å². The number of rotatable bonds is 6. The zero-order valence-electron chi connectivity index (χ0n) is 18.3. The lowest BCUT2D eigenvalue weighted by molar-refractivity contribution is -0.118. The van der Waals surface area contributed by atoms with Gasteiger partial charge in [-0.3, -0.25) is 9.69 Å². The van der Waals surface area contributed by atoms with Crippen LogP contribution in [0.1, 0.15) is 47.9 Å². The van der Waals surface area contributed by atoms with Crippen LogP contribution in [-0.2, 0) is 27.8 Å². The Bertz CT molecular complexity index is 1070. The molecule has 0 radical (unpaired) electrons. The third kappa shape index (κ3) is 4.22. The molecule has 1 saturated heterocycles. The van der Waals surface area contributed by atoms with Crippen molar-refractivity contribution in [1.82, 2.24) is 18.6 Å². The maximum Gasteiger partial charge on any atom is 0.282 e. The molecule has 2 aliphatic rings. The first-order chi connectivity index (χ1) is 14.8. The van der Waals surface area contributed by atoms with Crippen molar-refractivity contribution in [3.63, 3.8) is 0 Å². The maximum atomic E-state index is 12.8. The zero-order chi connectivity index (χ0) is 22.2. The van der Waals surface area contributed by atoms with Gasteiger partial charge in [0.15, 0.2) is 0 Å². The highest BCUT2D eigenvalue weighted by molar-refractivity contribution is 7.86. The highest BCUT2D eigenvalue weighted by Crippen LogP contribution is 2.36. The molecule has 31 heavy (non-hydrogen) atoms. The first-order valence-electron chi connectivity index (χ1n) is 10.7. The van der Waals surface area contributed by atoms with Crippen LogP contribution in [0.25, 0.3) is 0 Å². The molecule has 1 aromatic heterocycles. The predicted octanol–water partition coefficient (Wildman–Crippen LogP) is 2.25. The molecule has 2 aliphatic heterocycles. The van der Waals surface area contributed by atoms with Crippen LogP contribution >= 0.6 is 0 Å². The second-order valence-corrected chi connectivity index (χ2v) is 10.4. The number of benzene rings is 1. The number of fused-ring (bicyclic) bond motifs is 1. The molecule has 0 saturated carbocycles. The fourth-order valence-electron chi connectivity index (χ4n) is 4.35. The third-order valence-electron chi connectivity index (χ3n) is 6.08. The smallest absolute Gasteiger partial charge is 0.282 e. The number of nitrogens with zero attached hydrogens (tertiary/aromatic N) is 5. The van der Waals surface area contributed by atoms with Gasteiger partial charge in [-0.1, -0.05) is 30.3 Å². The Morgan fingerprint density at radius 2 is 1.87 bits per heavy atom. The molecule has 0 bridgehead atoms. The van der Waals surface area contributed by atoms with Gasteiger partial charge >= 0.3 is 0 Å². The van der Waals surface area contributed by atoms with E-state index in [0.29, 0.717) is 44.0 Å². The number of carbonyl (C=O) groups excluding carboxylic acids is 1. The molecule has 8 nitrogen and oxygen atoms in total. The molecular formula is C22H29N5O3S. The number of hydrogen-bond donors (Lipinski definition) is 0. The van der Waals surface area contributed by atoms with Crippen LogP contribution in [0.15, 0.2) is 30.3 Å². The maximum absolute atomic E-state index is 12.8. The summed E-state index contributed by atoms with van der Waals surface area (Å²) in [5.41, 5.74) is 2.97. The molecule has 2 aromatic rings. The monoisotopic (exact) mass is 443 g/mol. The lowest BCUT2D eigenvalue weighted by atomic mass is 10.0. The quantitative estimate of drug-likeness (QED) is 0.683. The second kappa shape index (κ2) is 8.64. The van der Waals surface area contributed by atoms with Crippen LogP contribution in [0.2, 0.25) is 0 Å². The first-order valence-corrected chi connectivity index (χ1v) is 12.1. The molecule has 0 spiro atoms. The Balaban J connectivity index is 1.68. The van der Waals surface area contributed by atoms with Crippen molar-refractivity contribution < 1.29 is 13.2 Å².